The second-order valence-electron chi connectivity index (χ2n) is 5.92. The van der Waals surface area contributed by atoms with Gasteiger partial charge in [-0.05, 0) is 65.1 Å². The number of piperidine rings is 1. The molecule has 1 saturated heterocycles. The van der Waals surface area contributed by atoms with Gasteiger partial charge in [-0.1, -0.05) is 13.8 Å². The summed E-state index contributed by atoms with van der Waals surface area (Å²) in [5.41, 5.74) is -0.313. The molecule has 1 fully saturated rings. The minimum absolute atomic E-state index is 0.313. The van der Waals surface area contributed by atoms with Crippen LogP contribution < -0.4 is 5.32 Å². The van der Waals surface area contributed by atoms with Gasteiger partial charge >= 0.3 is 0 Å². The standard InChI is InChI=1S/C15H29N3/c1-5-15(12-16,17-4)8-6-9-18-10-7-13(2)11-14(18)3/h13-14,17H,5-11H2,1-4H3. The highest BCUT2D eigenvalue weighted by Gasteiger charge is 2.27. The Bertz CT molecular complexity index is 278. The van der Waals surface area contributed by atoms with E-state index in [-0.39, 0.29) is 5.54 Å². The topological polar surface area (TPSA) is 39.1 Å². The van der Waals surface area contributed by atoms with Crippen LogP contribution in [0.25, 0.3) is 0 Å². The molecule has 3 nitrogen and oxygen atoms in total. The Morgan fingerprint density at radius 3 is 2.67 bits per heavy atom. The number of hydrogen-bond acceptors (Lipinski definition) is 3. The van der Waals surface area contributed by atoms with Crippen molar-refractivity contribution in [3.05, 3.63) is 0 Å². The van der Waals surface area contributed by atoms with Crippen molar-refractivity contribution >= 4 is 0 Å². The Morgan fingerprint density at radius 2 is 2.17 bits per heavy atom. The lowest BCUT2D eigenvalue weighted by Gasteiger charge is -2.37. The van der Waals surface area contributed by atoms with E-state index < -0.39 is 0 Å². The lowest BCUT2D eigenvalue weighted by molar-refractivity contribution is 0.124. The van der Waals surface area contributed by atoms with Gasteiger partial charge in [-0.15, -0.1) is 0 Å². The summed E-state index contributed by atoms with van der Waals surface area (Å²) < 4.78 is 0. The van der Waals surface area contributed by atoms with Crippen molar-refractivity contribution < 1.29 is 0 Å². The quantitative estimate of drug-likeness (QED) is 0.789. The first-order valence-corrected chi connectivity index (χ1v) is 7.41. The number of hydrogen-bond donors (Lipinski definition) is 1. The Morgan fingerprint density at radius 1 is 1.44 bits per heavy atom. The summed E-state index contributed by atoms with van der Waals surface area (Å²) in [6.07, 6.45) is 5.60. The van der Waals surface area contributed by atoms with E-state index >= 15 is 0 Å². The molecule has 1 rings (SSSR count). The molecule has 0 aromatic carbocycles. The molecule has 1 N–H and O–H groups in total. The smallest absolute Gasteiger partial charge is 0.106 e. The van der Waals surface area contributed by atoms with E-state index in [1.807, 2.05) is 7.05 Å². The summed E-state index contributed by atoms with van der Waals surface area (Å²) in [7, 11) is 1.90. The van der Waals surface area contributed by atoms with Crippen LogP contribution in [0.3, 0.4) is 0 Å². The molecule has 0 amide bonds. The first-order chi connectivity index (χ1) is 8.56. The molecule has 1 aliphatic heterocycles. The third-order valence-electron chi connectivity index (χ3n) is 4.62. The number of nitriles is 1. The fraction of sp³-hybridized carbons (Fsp3) is 0.933. The zero-order chi connectivity index (χ0) is 13.6. The molecule has 1 heterocycles. The summed E-state index contributed by atoms with van der Waals surface area (Å²) >= 11 is 0. The molecule has 0 radical (unpaired) electrons. The number of nitrogens with one attached hydrogen (secondary N) is 1. The lowest BCUT2D eigenvalue weighted by atomic mass is 9.90. The van der Waals surface area contributed by atoms with Crippen molar-refractivity contribution in [1.82, 2.24) is 10.2 Å². The van der Waals surface area contributed by atoms with Gasteiger partial charge in [-0.3, -0.25) is 0 Å². The van der Waals surface area contributed by atoms with Crippen LogP contribution in [-0.2, 0) is 0 Å². The summed E-state index contributed by atoms with van der Waals surface area (Å²) in [4.78, 5) is 2.59. The Kier molecular flexibility index (Phi) is 6.11. The van der Waals surface area contributed by atoms with Crippen LogP contribution in [0.15, 0.2) is 0 Å². The predicted molar refractivity (Wildman–Crippen MR) is 76.4 cm³/mol. The highest BCUT2D eigenvalue weighted by molar-refractivity contribution is 5.05. The zero-order valence-electron chi connectivity index (χ0n) is 12.5. The van der Waals surface area contributed by atoms with E-state index in [0.29, 0.717) is 6.04 Å². The van der Waals surface area contributed by atoms with E-state index in [4.69, 9.17) is 0 Å². The van der Waals surface area contributed by atoms with Crippen LogP contribution in [0.5, 0.6) is 0 Å². The molecule has 1 aliphatic rings. The molecule has 0 aliphatic carbocycles. The van der Waals surface area contributed by atoms with E-state index in [9.17, 15) is 5.26 Å². The SMILES string of the molecule is CCC(C#N)(CCCN1CCC(C)CC1C)NC. The predicted octanol–water partition coefficient (Wildman–Crippen LogP) is 2.78. The van der Waals surface area contributed by atoms with E-state index in [0.717, 1.165) is 31.7 Å². The molecule has 0 aromatic heterocycles. The van der Waals surface area contributed by atoms with Gasteiger partial charge in [0.05, 0.1) is 6.07 Å². The van der Waals surface area contributed by atoms with Gasteiger partial charge in [0.2, 0.25) is 0 Å². The monoisotopic (exact) mass is 251 g/mol. The normalized spacial score (nSPS) is 28.6. The summed E-state index contributed by atoms with van der Waals surface area (Å²) in [6, 6.07) is 3.15. The fourth-order valence-electron chi connectivity index (χ4n) is 3.04. The minimum atomic E-state index is -0.313. The molecule has 0 bridgehead atoms. The maximum absolute atomic E-state index is 9.27. The van der Waals surface area contributed by atoms with Gasteiger partial charge in [0.1, 0.15) is 5.54 Å². The van der Waals surface area contributed by atoms with Gasteiger partial charge in [-0.25, -0.2) is 0 Å². The number of nitrogens with zero attached hydrogens (tertiary/aromatic N) is 2. The first kappa shape index (κ1) is 15.5. The van der Waals surface area contributed by atoms with Crippen molar-refractivity contribution in [1.29, 1.82) is 5.26 Å². The molecule has 0 saturated carbocycles. The Labute approximate surface area is 113 Å². The second-order valence-corrected chi connectivity index (χ2v) is 5.92. The molecular formula is C15H29N3. The van der Waals surface area contributed by atoms with Crippen molar-refractivity contribution in [3.63, 3.8) is 0 Å². The molecule has 3 unspecified atom stereocenters. The number of likely N-dealkylation sites (tertiary alicyclic amines) is 1. The van der Waals surface area contributed by atoms with Gasteiger partial charge < -0.3 is 10.2 Å². The molecular weight excluding hydrogens is 222 g/mol. The fourth-order valence-corrected chi connectivity index (χ4v) is 3.04. The molecule has 3 heteroatoms. The third kappa shape index (κ3) is 3.96. The third-order valence-corrected chi connectivity index (χ3v) is 4.62. The molecule has 0 aromatic rings. The highest BCUT2D eigenvalue weighted by Crippen LogP contribution is 2.23. The van der Waals surface area contributed by atoms with Crippen molar-refractivity contribution in [2.75, 3.05) is 20.1 Å². The van der Waals surface area contributed by atoms with E-state index in [1.165, 1.54) is 19.4 Å². The van der Waals surface area contributed by atoms with Crippen LogP contribution >= 0.6 is 0 Å². The lowest BCUT2D eigenvalue weighted by Crippen LogP contribution is -2.43. The summed E-state index contributed by atoms with van der Waals surface area (Å²) in [6.45, 7) is 9.15. The van der Waals surface area contributed by atoms with Gasteiger partial charge in [0.25, 0.3) is 0 Å². The molecule has 104 valence electrons. The Hall–Kier alpha value is -0.590. The minimum Gasteiger partial charge on any atom is -0.302 e. The van der Waals surface area contributed by atoms with Crippen molar-refractivity contribution in [2.45, 2.75) is 64.5 Å². The van der Waals surface area contributed by atoms with Crippen LogP contribution in [-0.4, -0.2) is 36.6 Å². The van der Waals surface area contributed by atoms with Gasteiger partial charge in [-0.2, -0.15) is 5.26 Å². The zero-order valence-corrected chi connectivity index (χ0v) is 12.5. The second kappa shape index (κ2) is 7.11. The van der Waals surface area contributed by atoms with Crippen LogP contribution in [0.2, 0.25) is 0 Å². The first-order valence-electron chi connectivity index (χ1n) is 7.41. The van der Waals surface area contributed by atoms with Crippen LogP contribution in [0.4, 0.5) is 0 Å². The average molecular weight is 251 g/mol. The van der Waals surface area contributed by atoms with Gasteiger partial charge in [0.15, 0.2) is 0 Å². The van der Waals surface area contributed by atoms with Crippen LogP contribution in [0, 0.1) is 17.2 Å². The molecule has 3 atom stereocenters. The Balaban J connectivity index is 2.35. The van der Waals surface area contributed by atoms with E-state index in [2.05, 4.69) is 37.1 Å². The van der Waals surface area contributed by atoms with Gasteiger partial charge in [0, 0.05) is 6.04 Å². The summed E-state index contributed by atoms with van der Waals surface area (Å²) in [5, 5.41) is 12.5. The maximum Gasteiger partial charge on any atom is 0.106 e. The highest BCUT2D eigenvalue weighted by atomic mass is 15.2. The maximum atomic E-state index is 9.27. The van der Waals surface area contributed by atoms with Crippen LogP contribution in [0.1, 0.15) is 52.9 Å². The molecule has 18 heavy (non-hydrogen) atoms. The summed E-state index contributed by atoms with van der Waals surface area (Å²) in [5.74, 6) is 0.877. The van der Waals surface area contributed by atoms with E-state index in [1.54, 1.807) is 0 Å². The molecule has 0 spiro atoms. The van der Waals surface area contributed by atoms with Crippen molar-refractivity contribution in [2.24, 2.45) is 5.92 Å². The van der Waals surface area contributed by atoms with Crippen molar-refractivity contribution in [3.8, 4) is 6.07 Å². The average Bonchev–Trinajstić information content (AvgIpc) is 2.38. The number of rotatable bonds is 6. The largest absolute Gasteiger partial charge is 0.302 e.